The van der Waals surface area contributed by atoms with Gasteiger partial charge in [-0.1, -0.05) is 0 Å². The standard InChI is InChI=1S/C5H4F2N2O/c1-9-2-3(5(7)10)4(6)8-9/h2H,1H3. The van der Waals surface area contributed by atoms with Crippen molar-refractivity contribution >= 4 is 6.04 Å². The van der Waals surface area contributed by atoms with Crippen molar-refractivity contribution in [3.05, 3.63) is 17.7 Å². The molecule has 10 heavy (non-hydrogen) atoms. The molecule has 0 saturated heterocycles. The van der Waals surface area contributed by atoms with Gasteiger partial charge in [-0.25, -0.2) is 0 Å². The summed E-state index contributed by atoms with van der Waals surface area (Å²) >= 11 is 0. The van der Waals surface area contributed by atoms with Crippen molar-refractivity contribution in [1.82, 2.24) is 9.78 Å². The van der Waals surface area contributed by atoms with Gasteiger partial charge in [-0.15, -0.1) is 5.10 Å². The number of aromatic nitrogens is 2. The van der Waals surface area contributed by atoms with Crippen LogP contribution in [0.1, 0.15) is 10.4 Å². The lowest BCUT2D eigenvalue weighted by atomic mass is 10.4. The third-order valence-corrected chi connectivity index (χ3v) is 0.995. The van der Waals surface area contributed by atoms with Gasteiger partial charge in [0.1, 0.15) is 5.56 Å². The zero-order chi connectivity index (χ0) is 7.72. The van der Waals surface area contributed by atoms with Gasteiger partial charge < -0.3 is 0 Å². The van der Waals surface area contributed by atoms with Crippen LogP contribution in [0.4, 0.5) is 8.78 Å². The van der Waals surface area contributed by atoms with Crippen molar-refractivity contribution in [1.29, 1.82) is 0 Å². The van der Waals surface area contributed by atoms with Crippen molar-refractivity contribution in [2.45, 2.75) is 0 Å². The van der Waals surface area contributed by atoms with Crippen LogP contribution in [0, 0.1) is 5.95 Å². The van der Waals surface area contributed by atoms with Gasteiger partial charge in [0.15, 0.2) is 0 Å². The molecule has 0 bridgehead atoms. The van der Waals surface area contributed by atoms with Crippen molar-refractivity contribution in [3.8, 4) is 0 Å². The van der Waals surface area contributed by atoms with E-state index in [1.165, 1.54) is 7.05 Å². The molecule has 0 spiro atoms. The minimum Gasteiger partial charge on any atom is -0.272 e. The highest BCUT2D eigenvalue weighted by Crippen LogP contribution is 2.04. The molecule has 1 aromatic heterocycles. The minimum atomic E-state index is -1.80. The summed E-state index contributed by atoms with van der Waals surface area (Å²) in [7, 11) is 1.40. The van der Waals surface area contributed by atoms with Crippen LogP contribution in [0.15, 0.2) is 6.20 Å². The largest absolute Gasteiger partial charge is 0.338 e. The molecular weight excluding hydrogens is 142 g/mol. The molecule has 0 N–H and O–H groups in total. The molecule has 0 unspecified atom stereocenters. The molecular formula is C5H4F2N2O. The first kappa shape index (κ1) is 6.85. The van der Waals surface area contributed by atoms with Crippen molar-refractivity contribution < 1.29 is 13.6 Å². The number of hydrogen-bond donors (Lipinski definition) is 0. The Kier molecular flexibility index (Phi) is 1.48. The maximum atomic E-state index is 12.3. The van der Waals surface area contributed by atoms with E-state index in [0.717, 1.165) is 10.9 Å². The van der Waals surface area contributed by atoms with Gasteiger partial charge in [0, 0.05) is 13.2 Å². The Labute approximate surface area is 55.3 Å². The summed E-state index contributed by atoms with van der Waals surface area (Å²) in [6.45, 7) is 0. The summed E-state index contributed by atoms with van der Waals surface area (Å²) in [5.74, 6) is -1.07. The highest BCUT2D eigenvalue weighted by atomic mass is 19.1. The summed E-state index contributed by atoms with van der Waals surface area (Å²) in [5.41, 5.74) is -0.623. The number of carbonyl (C=O) groups is 1. The van der Waals surface area contributed by atoms with Crippen LogP contribution in [0.25, 0.3) is 0 Å². The number of rotatable bonds is 1. The van der Waals surface area contributed by atoms with Gasteiger partial charge in [0.25, 0.3) is 0 Å². The first-order valence-corrected chi connectivity index (χ1v) is 2.50. The van der Waals surface area contributed by atoms with Crippen molar-refractivity contribution in [2.24, 2.45) is 7.05 Å². The summed E-state index contributed by atoms with van der Waals surface area (Å²) in [4.78, 5) is 9.92. The first-order valence-electron chi connectivity index (χ1n) is 2.50. The van der Waals surface area contributed by atoms with E-state index in [0.29, 0.717) is 0 Å². The predicted molar refractivity (Wildman–Crippen MR) is 28.6 cm³/mol. The van der Waals surface area contributed by atoms with Crippen LogP contribution in [0.5, 0.6) is 0 Å². The van der Waals surface area contributed by atoms with Crippen molar-refractivity contribution in [3.63, 3.8) is 0 Å². The van der Waals surface area contributed by atoms with Crippen LogP contribution in [0.2, 0.25) is 0 Å². The molecule has 1 aromatic rings. The molecule has 0 radical (unpaired) electrons. The molecule has 3 nitrogen and oxygen atoms in total. The summed E-state index contributed by atoms with van der Waals surface area (Å²) in [6, 6.07) is -1.80. The third kappa shape index (κ3) is 1.02. The quantitative estimate of drug-likeness (QED) is 0.546. The van der Waals surface area contributed by atoms with E-state index in [1.807, 2.05) is 0 Å². The average molecular weight is 146 g/mol. The lowest BCUT2D eigenvalue weighted by Crippen LogP contribution is -1.90. The number of halogens is 2. The third-order valence-electron chi connectivity index (χ3n) is 0.995. The number of carbonyl (C=O) groups excluding carboxylic acids is 1. The Balaban J connectivity index is 3.15. The molecule has 0 amide bonds. The molecule has 54 valence electrons. The molecule has 0 aliphatic rings. The highest BCUT2D eigenvalue weighted by Gasteiger charge is 2.13. The highest BCUT2D eigenvalue weighted by molar-refractivity contribution is 5.87. The van der Waals surface area contributed by atoms with Crippen LogP contribution in [-0.4, -0.2) is 15.8 Å². The number of aryl methyl sites for hydroxylation is 1. The van der Waals surface area contributed by atoms with Gasteiger partial charge in [0.05, 0.1) is 0 Å². The van der Waals surface area contributed by atoms with E-state index in [9.17, 15) is 13.6 Å². The Hall–Kier alpha value is -1.26. The van der Waals surface area contributed by atoms with E-state index in [1.54, 1.807) is 0 Å². The smallest absolute Gasteiger partial charge is 0.272 e. The van der Waals surface area contributed by atoms with Gasteiger partial charge in [-0.3, -0.25) is 9.48 Å². The Morgan fingerprint density at radius 2 is 2.40 bits per heavy atom. The molecule has 0 aliphatic carbocycles. The SMILES string of the molecule is Cn1cc(C(=O)F)c(F)n1. The average Bonchev–Trinajstić information content (AvgIpc) is 2.10. The lowest BCUT2D eigenvalue weighted by Gasteiger charge is -1.79. The Bertz CT molecular complexity index is 269. The van der Waals surface area contributed by atoms with Crippen LogP contribution in [-0.2, 0) is 7.05 Å². The zero-order valence-electron chi connectivity index (χ0n) is 5.14. The maximum absolute atomic E-state index is 12.3. The topological polar surface area (TPSA) is 34.9 Å². The fourth-order valence-corrected chi connectivity index (χ4v) is 0.593. The van der Waals surface area contributed by atoms with Crippen LogP contribution < -0.4 is 0 Å². The van der Waals surface area contributed by atoms with Gasteiger partial charge in [0.2, 0.25) is 5.95 Å². The van der Waals surface area contributed by atoms with Crippen molar-refractivity contribution in [2.75, 3.05) is 0 Å². The number of hydrogen-bond acceptors (Lipinski definition) is 2. The Morgan fingerprint density at radius 3 is 2.60 bits per heavy atom. The van der Waals surface area contributed by atoms with Gasteiger partial charge >= 0.3 is 6.04 Å². The summed E-state index contributed by atoms with van der Waals surface area (Å²) in [6.07, 6.45) is 0.984. The molecule has 0 atom stereocenters. The van der Waals surface area contributed by atoms with E-state index < -0.39 is 17.5 Å². The van der Waals surface area contributed by atoms with E-state index in [-0.39, 0.29) is 0 Å². The molecule has 1 heterocycles. The molecule has 1 rings (SSSR count). The molecule has 0 saturated carbocycles. The second-order valence-corrected chi connectivity index (χ2v) is 1.78. The predicted octanol–water partition coefficient (Wildman–Crippen LogP) is 0.669. The Morgan fingerprint density at radius 1 is 1.80 bits per heavy atom. The normalized spacial score (nSPS) is 9.90. The minimum absolute atomic E-state index is 0.623. The van der Waals surface area contributed by atoms with Gasteiger partial charge in [-0.05, 0) is 0 Å². The summed E-state index contributed by atoms with van der Waals surface area (Å²) in [5, 5.41) is 3.12. The maximum Gasteiger partial charge on any atom is 0.338 e. The first-order chi connectivity index (χ1) is 4.61. The lowest BCUT2D eigenvalue weighted by molar-refractivity contribution is 0.0831. The van der Waals surface area contributed by atoms with Crippen LogP contribution >= 0.6 is 0 Å². The molecule has 0 aromatic carbocycles. The summed E-state index contributed by atoms with van der Waals surface area (Å²) < 4.78 is 25.1. The van der Waals surface area contributed by atoms with E-state index in [2.05, 4.69) is 5.10 Å². The number of nitrogens with zero attached hydrogens (tertiary/aromatic N) is 2. The second-order valence-electron chi connectivity index (χ2n) is 1.78. The fraction of sp³-hybridized carbons (Fsp3) is 0.200. The fourth-order valence-electron chi connectivity index (χ4n) is 0.593. The van der Waals surface area contributed by atoms with E-state index >= 15 is 0 Å². The van der Waals surface area contributed by atoms with E-state index in [4.69, 9.17) is 0 Å². The molecule has 0 fully saturated rings. The molecule has 5 heteroatoms. The molecule has 0 aliphatic heterocycles. The zero-order valence-corrected chi connectivity index (χ0v) is 5.14. The second kappa shape index (κ2) is 2.17. The van der Waals surface area contributed by atoms with Gasteiger partial charge in [-0.2, -0.15) is 8.78 Å². The van der Waals surface area contributed by atoms with Crippen LogP contribution in [0.3, 0.4) is 0 Å². The monoisotopic (exact) mass is 146 g/mol.